The Morgan fingerprint density at radius 1 is 1.32 bits per heavy atom. The van der Waals surface area contributed by atoms with Crippen molar-refractivity contribution in [2.45, 2.75) is 24.8 Å². The van der Waals surface area contributed by atoms with Crippen LogP contribution < -0.4 is 4.72 Å². The van der Waals surface area contributed by atoms with E-state index in [1.165, 1.54) is 12.4 Å². The Morgan fingerprint density at radius 2 is 2.18 bits per heavy atom. The highest BCUT2D eigenvalue weighted by atomic mass is 32.2. The summed E-state index contributed by atoms with van der Waals surface area (Å²) in [4.78, 5) is 0.194. The summed E-state index contributed by atoms with van der Waals surface area (Å²) in [5.74, 6) is 0. The van der Waals surface area contributed by atoms with Gasteiger partial charge in [-0.1, -0.05) is 6.07 Å². The molecule has 0 spiro atoms. The molecule has 8 heteroatoms. The highest BCUT2D eigenvalue weighted by molar-refractivity contribution is 7.89. The zero-order chi connectivity index (χ0) is 15.6. The lowest BCUT2D eigenvalue weighted by atomic mass is 10.1. The van der Waals surface area contributed by atoms with Crippen molar-refractivity contribution in [1.29, 1.82) is 0 Å². The molecule has 2 heterocycles. The lowest BCUT2D eigenvalue weighted by molar-refractivity contribution is 0.581. The summed E-state index contributed by atoms with van der Waals surface area (Å²) in [6.45, 7) is 2.88. The molecule has 0 saturated carbocycles. The minimum absolute atomic E-state index is 0.194. The predicted octanol–water partition coefficient (Wildman–Crippen LogP) is 1.30. The van der Waals surface area contributed by atoms with E-state index in [0.717, 1.165) is 16.5 Å². The topological polar surface area (TPSA) is 92.7 Å². The van der Waals surface area contributed by atoms with Gasteiger partial charge in [0.15, 0.2) is 0 Å². The van der Waals surface area contributed by atoms with Gasteiger partial charge >= 0.3 is 0 Å². The van der Waals surface area contributed by atoms with Crippen molar-refractivity contribution in [3.05, 3.63) is 42.4 Å². The minimum Gasteiger partial charge on any atom is -0.278 e. The van der Waals surface area contributed by atoms with E-state index < -0.39 is 10.0 Å². The highest BCUT2D eigenvalue weighted by Gasteiger charge is 2.15. The number of aryl methyl sites for hydroxylation is 1. The molecule has 1 aromatic carbocycles. The molecular formula is C14H17N5O2S. The van der Waals surface area contributed by atoms with Crippen LogP contribution in [0.25, 0.3) is 10.9 Å². The monoisotopic (exact) mass is 319 g/mol. The second-order valence-electron chi connectivity index (χ2n) is 4.97. The van der Waals surface area contributed by atoms with Crippen LogP contribution in [0.3, 0.4) is 0 Å². The predicted molar refractivity (Wildman–Crippen MR) is 82.9 cm³/mol. The Balaban J connectivity index is 1.64. The molecule has 2 N–H and O–H groups in total. The highest BCUT2D eigenvalue weighted by Crippen LogP contribution is 2.13. The van der Waals surface area contributed by atoms with Gasteiger partial charge in [0.25, 0.3) is 0 Å². The van der Waals surface area contributed by atoms with Crippen LogP contribution in [0, 0.1) is 0 Å². The van der Waals surface area contributed by atoms with Crippen molar-refractivity contribution in [2.75, 3.05) is 6.54 Å². The number of nitrogens with one attached hydrogen (secondary N) is 2. The van der Waals surface area contributed by atoms with Gasteiger partial charge in [0.1, 0.15) is 4.90 Å². The smallest absolute Gasteiger partial charge is 0.243 e. The SMILES string of the molecule is CCn1cc(S(=O)(=O)NCCc2ccc3[nH]ncc3c2)cn1. The van der Waals surface area contributed by atoms with E-state index in [1.807, 2.05) is 25.1 Å². The first-order valence-electron chi connectivity index (χ1n) is 7.02. The third kappa shape index (κ3) is 3.02. The van der Waals surface area contributed by atoms with Crippen molar-refractivity contribution in [1.82, 2.24) is 24.7 Å². The van der Waals surface area contributed by atoms with Crippen LogP contribution in [-0.4, -0.2) is 34.9 Å². The minimum atomic E-state index is -3.50. The van der Waals surface area contributed by atoms with Crippen LogP contribution >= 0.6 is 0 Å². The largest absolute Gasteiger partial charge is 0.278 e. The average Bonchev–Trinajstić information content (AvgIpc) is 3.15. The summed E-state index contributed by atoms with van der Waals surface area (Å²) in [5.41, 5.74) is 2.03. The molecule has 22 heavy (non-hydrogen) atoms. The second-order valence-corrected chi connectivity index (χ2v) is 6.74. The zero-order valence-corrected chi connectivity index (χ0v) is 13.0. The lowest BCUT2D eigenvalue weighted by Gasteiger charge is -2.05. The fourth-order valence-corrected chi connectivity index (χ4v) is 3.20. The molecule has 0 unspecified atom stereocenters. The van der Waals surface area contributed by atoms with Crippen molar-refractivity contribution in [2.24, 2.45) is 0 Å². The van der Waals surface area contributed by atoms with E-state index in [0.29, 0.717) is 19.5 Å². The Bertz CT molecular complexity index is 881. The van der Waals surface area contributed by atoms with Gasteiger partial charge in [-0.2, -0.15) is 10.2 Å². The van der Waals surface area contributed by atoms with Crippen molar-refractivity contribution >= 4 is 20.9 Å². The third-order valence-electron chi connectivity index (χ3n) is 3.45. The van der Waals surface area contributed by atoms with Crippen LogP contribution in [0.1, 0.15) is 12.5 Å². The molecular weight excluding hydrogens is 302 g/mol. The van der Waals surface area contributed by atoms with Crippen LogP contribution in [0.15, 0.2) is 41.7 Å². The summed E-state index contributed by atoms with van der Waals surface area (Å²) < 4.78 is 28.5. The summed E-state index contributed by atoms with van der Waals surface area (Å²) in [7, 11) is -3.50. The Hall–Kier alpha value is -2.19. The van der Waals surface area contributed by atoms with Crippen LogP contribution in [0.2, 0.25) is 0 Å². The fraction of sp³-hybridized carbons (Fsp3) is 0.286. The van der Waals surface area contributed by atoms with E-state index >= 15 is 0 Å². The quantitative estimate of drug-likeness (QED) is 0.716. The zero-order valence-electron chi connectivity index (χ0n) is 12.2. The summed E-state index contributed by atoms with van der Waals surface area (Å²) in [5, 5.41) is 11.9. The van der Waals surface area contributed by atoms with Gasteiger partial charge in [0, 0.05) is 24.7 Å². The van der Waals surface area contributed by atoms with E-state index in [2.05, 4.69) is 20.0 Å². The molecule has 0 radical (unpaired) electrons. The van der Waals surface area contributed by atoms with Gasteiger partial charge < -0.3 is 0 Å². The van der Waals surface area contributed by atoms with E-state index in [9.17, 15) is 8.42 Å². The van der Waals surface area contributed by atoms with Gasteiger partial charge in [-0.05, 0) is 31.0 Å². The number of sulfonamides is 1. The maximum absolute atomic E-state index is 12.1. The first-order chi connectivity index (χ1) is 10.6. The van der Waals surface area contributed by atoms with Crippen molar-refractivity contribution in [3.8, 4) is 0 Å². The average molecular weight is 319 g/mol. The summed E-state index contributed by atoms with van der Waals surface area (Å²) in [6.07, 6.45) is 5.26. The van der Waals surface area contributed by atoms with Crippen molar-refractivity contribution in [3.63, 3.8) is 0 Å². The van der Waals surface area contributed by atoms with Gasteiger partial charge in [-0.3, -0.25) is 9.78 Å². The molecule has 0 saturated heterocycles. The number of H-pyrrole nitrogens is 1. The molecule has 2 aromatic heterocycles. The summed E-state index contributed by atoms with van der Waals surface area (Å²) >= 11 is 0. The third-order valence-corrected chi connectivity index (χ3v) is 4.87. The molecule has 0 aliphatic carbocycles. The molecule has 116 valence electrons. The number of fused-ring (bicyclic) bond motifs is 1. The molecule has 0 amide bonds. The van der Waals surface area contributed by atoms with Gasteiger partial charge in [0.05, 0.1) is 17.9 Å². The van der Waals surface area contributed by atoms with Crippen LogP contribution in [-0.2, 0) is 23.0 Å². The molecule has 7 nitrogen and oxygen atoms in total. The summed E-state index contributed by atoms with van der Waals surface area (Å²) in [6, 6.07) is 5.91. The second kappa shape index (κ2) is 5.90. The number of aromatic nitrogens is 4. The number of rotatable bonds is 6. The first-order valence-corrected chi connectivity index (χ1v) is 8.51. The number of nitrogens with zero attached hydrogens (tertiary/aromatic N) is 3. The maximum atomic E-state index is 12.1. The van der Waals surface area contributed by atoms with E-state index in [4.69, 9.17) is 0 Å². The molecule has 3 rings (SSSR count). The van der Waals surface area contributed by atoms with Crippen molar-refractivity contribution < 1.29 is 8.42 Å². The van der Waals surface area contributed by atoms with Crippen LogP contribution in [0.5, 0.6) is 0 Å². The van der Waals surface area contributed by atoms with E-state index in [-0.39, 0.29) is 4.90 Å². The first kappa shape index (κ1) is 14.7. The molecule has 0 aliphatic rings. The number of aromatic amines is 1. The van der Waals surface area contributed by atoms with Crippen LogP contribution in [0.4, 0.5) is 0 Å². The molecule has 0 fully saturated rings. The lowest BCUT2D eigenvalue weighted by Crippen LogP contribution is -2.25. The Morgan fingerprint density at radius 3 is 2.95 bits per heavy atom. The molecule has 0 atom stereocenters. The normalized spacial score (nSPS) is 12.0. The number of hydrogen-bond acceptors (Lipinski definition) is 4. The fourth-order valence-electron chi connectivity index (χ4n) is 2.22. The molecule has 0 bridgehead atoms. The van der Waals surface area contributed by atoms with Gasteiger partial charge in [0.2, 0.25) is 10.0 Å². The molecule has 3 aromatic rings. The molecule has 0 aliphatic heterocycles. The maximum Gasteiger partial charge on any atom is 0.243 e. The van der Waals surface area contributed by atoms with E-state index in [1.54, 1.807) is 10.9 Å². The number of benzene rings is 1. The standard InChI is InChI=1S/C14H17N5O2S/c1-2-19-10-13(9-16-19)22(20,21)17-6-5-11-3-4-14-12(7-11)8-15-18-14/h3-4,7-10,17H,2,5-6H2,1H3,(H,15,18). The Kier molecular flexibility index (Phi) is 3.95. The number of hydrogen-bond donors (Lipinski definition) is 2. The van der Waals surface area contributed by atoms with Gasteiger partial charge in [-0.25, -0.2) is 13.1 Å². The Labute approximate surface area is 128 Å². The van der Waals surface area contributed by atoms with Gasteiger partial charge in [-0.15, -0.1) is 0 Å².